The topological polar surface area (TPSA) is 45.5 Å². The van der Waals surface area contributed by atoms with Gasteiger partial charge in [-0.1, -0.05) is 6.07 Å². The van der Waals surface area contributed by atoms with Gasteiger partial charge in [0.15, 0.2) is 0 Å². The minimum Gasteiger partial charge on any atom is -0.497 e. The van der Waals surface area contributed by atoms with Crippen LogP contribution in [0.15, 0.2) is 18.2 Å². The first kappa shape index (κ1) is 13.7. The van der Waals surface area contributed by atoms with Gasteiger partial charge in [-0.05, 0) is 37.6 Å². The van der Waals surface area contributed by atoms with E-state index in [0.717, 1.165) is 30.2 Å². The highest BCUT2D eigenvalue weighted by molar-refractivity contribution is 5.41. The largest absolute Gasteiger partial charge is 0.497 e. The molecule has 0 spiro atoms. The Labute approximate surface area is 114 Å². The number of likely N-dealkylation sites (tertiary alicyclic amines) is 1. The van der Waals surface area contributed by atoms with Gasteiger partial charge in [0.25, 0.3) is 0 Å². The Bertz CT molecular complexity index is 462. The summed E-state index contributed by atoms with van der Waals surface area (Å²) in [6.45, 7) is 2.05. The molecule has 0 amide bonds. The normalized spacial score (nSPS) is 16.9. The van der Waals surface area contributed by atoms with Crippen LogP contribution in [0.25, 0.3) is 0 Å². The van der Waals surface area contributed by atoms with Gasteiger partial charge in [-0.2, -0.15) is 5.26 Å². The van der Waals surface area contributed by atoms with Gasteiger partial charge in [0.2, 0.25) is 0 Å². The zero-order chi connectivity index (χ0) is 13.7. The molecule has 1 unspecified atom stereocenters. The molecule has 0 aromatic heterocycles. The predicted octanol–water partition coefficient (Wildman–Crippen LogP) is 2.23. The summed E-state index contributed by atoms with van der Waals surface area (Å²) in [6.07, 6.45) is 3.08. The molecule has 102 valence electrons. The molecule has 1 heterocycles. The Morgan fingerprint density at radius 3 is 2.58 bits per heavy atom. The van der Waals surface area contributed by atoms with Crippen LogP contribution in [0.5, 0.6) is 11.5 Å². The highest BCUT2D eigenvalue weighted by atomic mass is 16.5. The van der Waals surface area contributed by atoms with Crippen LogP contribution in [0.1, 0.15) is 18.4 Å². The molecule has 2 rings (SSSR count). The summed E-state index contributed by atoms with van der Waals surface area (Å²) in [7, 11) is 3.28. The SMILES string of the molecule is COc1ccc(CC(C#N)N2CCCC2)c(OC)c1. The highest BCUT2D eigenvalue weighted by Crippen LogP contribution is 2.27. The molecule has 0 saturated carbocycles. The van der Waals surface area contributed by atoms with Crippen LogP contribution in [0.2, 0.25) is 0 Å². The maximum absolute atomic E-state index is 9.35. The summed E-state index contributed by atoms with van der Waals surface area (Å²) in [5.41, 5.74) is 1.06. The third-order valence-electron chi connectivity index (χ3n) is 3.64. The second-order valence-electron chi connectivity index (χ2n) is 4.77. The lowest BCUT2D eigenvalue weighted by Crippen LogP contribution is -2.33. The van der Waals surface area contributed by atoms with Gasteiger partial charge < -0.3 is 9.47 Å². The number of nitriles is 1. The summed E-state index contributed by atoms with van der Waals surface area (Å²) < 4.78 is 10.6. The fourth-order valence-electron chi connectivity index (χ4n) is 2.54. The number of benzene rings is 1. The van der Waals surface area contributed by atoms with Gasteiger partial charge in [-0.25, -0.2) is 0 Å². The molecule has 0 radical (unpaired) electrons. The van der Waals surface area contributed by atoms with Crippen LogP contribution in [-0.2, 0) is 6.42 Å². The monoisotopic (exact) mass is 260 g/mol. The highest BCUT2D eigenvalue weighted by Gasteiger charge is 2.23. The van der Waals surface area contributed by atoms with Crippen molar-refractivity contribution in [1.82, 2.24) is 4.90 Å². The molecule has 1 aliphatic heterocycles. The standard InChI is InChI=1S/C15H20N2O2/c1-18-14-6-5-12(15(10-14)19-2)9-13(11-16)17-7-3-4-8-17/h5-6,10,13H,3-4,7-9H2,1-2H3. The molecule has 4 nitrogen and oxygen atoms in total. The molecule has 0 aliphatic carbocycles. The number of nitrogens with zero attached hydrogens (tertiary/aromatic N) is 2. The van der Waals surface area contributed by atoms with E-state index < -0.39 is 0 Å². The second-order valence-corrected chi connectivity index (χ2v) is 4.77. The predicted molar refractivity (Wildman–Crippen MR) is 73.5 cm³/mol. The fourth-order valence-corrected chi connectivity index (χ4v) is 2.54. The summed E-state index contributed by atoms with van der Waals surface area (Å²) in [4.78, 5) is 2.25. The average molecular weight is 260 g/mol. The zero-order valence-corrected chi connectivity index (χ0v) is 11.6. The molecule has 1 aromatic carbocycles. The van der Waals surface area contributed by atoms with Crippen molar-refractivity contribution >= 4 is 0 Å². The maximum Gasteiger partial charge on any atom is 0.125 e. The van der Waals surface area contributed by atoms with E-state index in [1.54, 1.807) is 14.2 Å². The molecular weight excluding hydrogens is 240 g/mol. The van der Waals surface area contributed by atoms with Gasteiger partial charge in [-0.15, -0.1) is 0 Å². The van der Waals surface area contributed by atoms with E-state index in [1.165, 1.54) is 12.8 Å². The van der Waals surface area contributed by atoms with Crippen molar-refractivity contribution < 1.29 is 9.47 Å². The van der Waals surface area contributed by atoms with Crippen LogP contribution < -0.4 is 9.47 Å². The van der Waals surface area contributed by atoms with Crippen molar-refractivity contribution in [3.05, 3.63) is 23.8 Å². The first-order valence-corrected chi connectivity index (χ1v) is 6.63. The van der Waals surface area contributed by atoms with Crippen LogP contribution in [-0.4, -0.2) is 38.3 Å². The van der Waals surface area contributed by atoms with Crippen molar-refractivity contribution in [2.24, 2.45) is 0 Å². The summed E-state index contributed by atoms with van der Waals surface area (Å²) >= 11 is 0. The Hall–Kier alpha value is -1.73. The van der Waals surface area contributed by atoms with Crippen molar-refractivity contribution in [2.45, 2.75) is 25.3 Å². The molecule has 0 N–H and O–H groups in total. The molecule has 1 fully saturated rings. The fraction of sp³-hybridized carbons (Fsp3) is 0.533. The zero-order valence-electron chi connectivity index (χ0n) is 11.6. The van der Waals surface area contributed by atoms with E-state index in [-0.39, 0.29) is 6.04 Å². The number of rotatable bonds is 5. The van der Waals surface area contributed by atoms with E-state index >= 15 is 0 Å². The van der Waals surface area contributed by atoms with Crippen molar-refractivity contribution in [3.8, 4) is 17.6 Å². The average Bonchev–Trinajstić information content (AvgIpc) is 2.98. The Morgan fingerprint density at radius 1 is 1.26 bits per heavy atom. The summed E-state index contributed by atoms with van der Waals surface area (Å²) in [5.74, 6) is 1.56. The van der Waals surface area contributed by atoms with Gasteiger partial charge in [-0.3, -0.25) is 4.90 Å². The Morgan fingerprint density at radius 2 is 2.00 bits per heavy atom. The lowest BCUT2D eigenvalue weighted by atomic mass is 10.0. The quantitative estimate of drug-likeness (QED) is 0.814. The van der Waals surface area contributed by atoms with E-state index in [9.17, 15) is 5.26 Å². The first-order valence-electron chi connectivity index (χ1n) is 6.63. The number of hydrogen-bond acceptors (Lipinski definition) is 4. The van der Waals surface area contributed by atoms with Crippen LogP contribution in [0.4, 0.5) is 0 Å². The maximum atomic E-state index is 9.35. The Kier molecular flexibility index (Phi) is 4.64. The lowest BCUT2D eigenvalue weighted by Gasteiger charge is -2.22. The van der Waals surface area contributed by atoms with Gasteiger partial charge in [0, 0.05) is 12.5 Å². The first-order chi connectivity index (χ1) is 9.28. The second kappa shape index (κ2) is 6.44. The lowest BCUT2D eigenvalue weighted by molar-refractivity contribution is 0.285. The van der Waals surface area contributed by atoms with Crippen molar-refractivity contribution in [1.29, 1.82) is 5.26 Å². The van der Waals surface area contributed by atoms with Gasteiger partial charge in [0.1, 0.15) is 17.5 Å². The van der Waals surface area contributed by atoms with Crippen molar-refractivity contribution in [3.63, 3.8) is 0 Å². The summed E-state index contributed by atoms with van der Waals surface area (Å²) in [6, 6.07) is 8.11. The Balaban J connectivity index is 2.14. The third-order valence-corrected chi connectivity index (χ3v) is 3.64. The van der Waals surface area contributed by atoms with Crippen molar-refractivity contribution in [2.75, 3.05) is 27.3 Å². The minimum atomic E-state index is -0.0650. The smallest absolute Gasteiger partial charge is 0.125 e. The van der Waals surface area contributed by atoms with E-state index in [1.807, 2.05) is 18.2 Å². The summed E-state index contributed by atoms with van der Waals surface area (Å²) in [5, 5.41) is 9.35. The van der Waals surface area contributed by atoms with Gasteiger partial charge in [0.05, 0.1) is 20.3 Å². The molecule has 1 aromatic rings. The van der Waals surface area contributed by atoms with Crippen LogP contribution >= 0.6 is 0 Å². The number of methoxy groups -OCH3 is 2. The van der Waals surface area contributed by atoms with E-state index in [0.29, 0.717) is 6.42 Å². The third kappa shape index (κ3) is 3.18. The minimum absolute atomic E-state index is 0.0650. The van der Waals surface area contributed by atoms with Crippen LogP contribution in [0.3, 0.4) is 0 Å². The molecular formula is C15H20N2O2. The molecule has 19 heavy (non-hydrogen) atoms. The van der Waals surface area contributed by atoms with Gasteiger partial charge >= 0.3 is 0 Å². The molecule has 1 saturated heterocycles. The van der Waals surface area contributed by atoms with E-state index in [2.05, 4.69) is 11.0 Å². The number of hydrogen-bond donors (Lipinski definition) is 0. The van der Waals surface area contributed by atoms with Crippen LogP contribution in [0, 0.1) is 11.3 Å². The molecule has 4 heteroatoms. The molecule has 0 bridgehead atoms. The van der Waals surface area contributed by atoms with E-state index in [4.69, 9.17) is 9.47 Å². The number of ether oxygens (including phenoxy) is 2. The molecule has 1 atom stereocenters. The molecule has 1 aliphatic rings.